The van der Waals surface area contributed by atoms with Crippen molar-refractivity contribution in [1.29, 1.82) is 0 Å². The van der Waals surface area contributed by atoms with Crippen molar-refractivity contribution in [2.75, 3.05) is 9.80 Å². The fraction of sp³-hybridized carbons (Fsp3) is 0.0286. The third-order valence-electron chi connectivity index (χ3n) is 16.2. The third-order valence-corrected chi connectivity index (χ3v) is 18.7. The molecule has 14 aromatic rings. The molecule has 10 aromatic carbocycles. The second-order valence-corrected chi connectivity index (χ2v) is 22.3. The number of hydrogen-bond donors (Lipinski definition) is 0. The molecule has 368 valence electrons. The first-order valence-corrected chi connectivity index (χ1v) is 27.8. The van der Waals surface area contributed by atoms with E-state index in [1.165, 1.54) is 20.9 Å². The largest absolute Gasteiger partial charge is 0.457 e. The van der Waals surface area contributed by atoms with Crippen LogP contribution in [0.3, 0.4) is 0 Å². The van der Waals surface area contributed by atoms with Crippen LogP contribution in [-0.2, 0) is 10.8 Å². The molecule has 78 heavy (non-hydrogen) atoms. The van der Waals surface area contributed by atoms with Gasteiger partial charge in [0.25, 0.3) is 0 Å². The predicted octanol–water partition coefficient (Wildman–Crippen LogP) is 19.8. The van der Waals surface area contributed by atoms with E-state index in [-0.39, 0.29) is 0 Å². The van der Waals surface area contributed by atoms with Crippen molar-refractivity contribution in [3.05, 3.63) is 298 Å². The fourth-order valence-electron chi connectivity index (χ4n) is 13.1. The molecule has 0 atom stereocenters. The van der Waals surface area contributed by atoms with E-state index < -0.39 is 10.8 Å². The van der Waals surface area contributed by atoms with E-state index in [0.717, 1.165) is 122 Å². The van der Waals surface area contributed by atoms with Crippen LogP contribution in [0.5, 0.6) is 23.0 Å². The highest BCUT2D eigenvalue weighted by Crippen LogP contribution is 2.71. The van der Waals surface area contributed by atoms with Crippen LogP contribution in [0.15, 0.2) is 264 Å². The van der Waals surface area contributed by atoms with Crippen LogP contribution in [0, 0.1) is 0 Å². The van der Waals surface area contributed by atoms with Crippen molar-refractivity contribution in [1.82, 2.24) is 0 Å². The molecule has 6 nitrogen and oxygen atoms in total. The Morgan fingerprint density at radius 2 is 0.603 bits per heavy atom. The third kappa shape index (κ3) is 5.95. The first-order valence-electron chi connectivity index (χ1n) is 26.2. The van der Waals surface area contributed by atoms with Gasteiger partial charge in [-0.2, -0.15) is 0 Å². The van der Waals surface area contributed by atoms with E-state index >= 15 is 0 Å². The monoisotopic (exact) mass is 1040 g/mol. The van der Waals surface area contributed by atoms with Crippen LogP contribution < -0.4 is 19.3 Å². The molecule has 0 saturated heterocycles. The minimum absolute atomic E-state index is 0.828. The molecule has 0 saturated carbocycles. The Morgan fingerprint density at radius 1 is 0.269 bits per heavy atom. The van der Waals surface area contributed by atoms with Gasteiger partial charge in [-0.3, -0.25) is 0 Å². The molecule has 3 aliphatic rings. The SMILES string of the molecule is c1ccc(N(c2ccc3oc4ccccc4c3c2)c2cc3c(s2)C2(c4ccccc4Oc4ccccc42)c2cc(N(c4ccccc4)c4ccc5oc6ccccc6c5c4)sc2C32c3ccccc3Oc3ccccc32)cc1. The normalized spacial score (nSPS) is 14.1. The van der Waals surface area contributed by atoms with Gasteiger partial charge in [0.2, 0.25) is 0 Å². The van der Waals surface area contributed by atoms with Crippen molar-refractivity contribution in [2.24, 2.45) is 0 Å². The van der Waals surface area contributed by atoms with Gasteiger partial charge >= 0.3 is 0 Å². The standard InChI is InChI=1S/C70H42N2O4S2/c1-3-19-43(20-4-1)71(45-35-37-59-49(39-45)47-23-7-13-29-57(47)73-59)65-41-55-67(77-65)70(53-27-11-17-33-63(53)76-64-34-18-12-28-54(64)70)56-42-66(78-68(56)69(55)51-25-9-15-31-61(51)75-62-32-16-10-26-52(62)69)72(44-21-5-2-6-22-44)46-36-38-60-50(40-46)48-24-8-14-30-58(48)74-60/h1-42H. The highest BCUT2D eigenvalue weighted by Gasteiger charge is 2.61. The van der Waals surface area contributed by atoms with Crippen molar-refractivity contribution >= 4 is 99.3 Å². The van der Waals surface area contributed by atoms with Crippen LogP contribution in [0.25, 0.3) is 43.9 Å². The summed E-state index contributed by atoms with van der Waals surface area (Å²) in [5, 5.41) is 6.44. The summed E-state index contributed by atoms with van der Waals surface area (Å²) >= 11 is 3.72. The Balaban J connectivity index is 1.02. The fourth-order valence-corrected chi connectivity index (χ4v) is 16.0. The Kier molecular flexibility index (Phi) is 9.20. The number of hydrogen-bond acceptors (Lipinski definition) is 8. The number of furan rings is 2. The second kappa shape index (κ2) is 16.5. The van der Waals surface area contributed by atoms with E-state index in [9.17, 15) is 0 Å². The van der Waals surface area contributed by atoms with Gasteiger partial charge in [0.15, 0.2) is 0 Å². The van der Waals surface area contributed by atoms with Crippen LogP contribution in [0.2, 0.25) is 0 Å². The number of para-hydroxylation sites is 8. The Bertz CT molecular complexity index is 4300. The van der Waals surface area contributed by atoms with E-state index in [1.807, 2.05) is 46.9 Å². The first-order chi connectivity index (χ1) is 38.6. The van der Waals surface area contributed by atoms with Gasteiger partial charge in [0.1, 0.15) is 55.3 Å². The lowest BCUT2D eigenvalue weighted by atomic mass is 9.54. The summed E-state index contributed by atoms with van der Waals surface area (Å²) in [7, 11) is 0. The highest BCUT2D eigenvalue weighted by atomic mass is 32.1. The summed E-state index contributed by atoms with van der Waals surface area (Å²) in [4.78, 5) is 7.29. The number of thiophene rings is 2. The zero-order chi connectivity index (χ0) is 51.1. The van der Waals surface area contributed by atoms with Crippen LogP contribution >= 0.6 is 22.7 Å². The average molecular weight is 1040 g/mol. The van der Waals surface area contributed by atoms with Gasteiger partial charge in [0, 0.05) is 76.3 Å². The minimum Gasteiger partial charge on any atom is -0.457 e. The topological polar surface area (TPSA) is 51.2 Å². The van der Waals surface area contributed by atoms with Crippen molar-refractivity contribution < 1.29 is 18.3 Å². The minimum atomic E-state index is -0.874. The molecule has 2 spiro atoms. The first kappa shape index (κ1) is 43.6. The molecule has 0 amide bonds. The summed E-state index contributed by atoms with van der Waals surface area (Å²) < 4.78 is 27.0. The molecule has 6 heterocycles. The molecule has 0 fully saturated rings. The summed E-state index contributed by atoms with van der Waals surface area (Å²) in [5.74, 6) is 3.31. The molecule has 4 aromatic heterocycles. The number of rotatable bonds is 6. The van der Waals surface area contributed by atoms with E-state index in [1.54, 1.807) is 0 Å². The molecule has 1 aliphatic carbocycles. The Hall–Kier alpha value is -9.60. The Morgan fingerprint density at radius 3 is 1.00 bits per heavy atom. The summed E-state index contributed by atoms with van der Waals surface area (Å²) in [6.07, 6.45) is 0. The quantitative estimate of drug-likeness (QED) is 0.165. The van der Waals surface area contributed by atoms with Crippen molar-refractivity contribution in [2.45, 2.75) is 10.8 Å². The van der Waals surface area contributed by atoms with Gasteiger partial charge in [0.05, 0.1) is 10.8 Å². The number of anilines is 6. The smallest absolute Gasteiger partial charge is 0.135 e. The summed E-state index contributed by atoms with van der Waals surface area (Å²) in [5.41, 5.74) is 12.6. The van der Waals surface area contributed by atoms with Crippen LogP contribution in [0.4, 0.5) is 32.8 Å². The van der Waals surface area contributed by atoms with Crippen LogP contribution in [-0.4, -0.2) is 0 Å². The highest BCUT2D eigenvalue weighted by molar-refractivity contribution is 7.18. The molecule has 0 unspecified atom stereocenters. The molecule has 0 bridgehead atoms. The second-order valence-electron chi connectivity index (χ2n) is 20.2. The zero-order valence-electron chi connectivity index (χ0n) is 41.6. The molecule has 8 heteroatoms. The van der Waals surface area contributed by atoms with Crippen LogP contribution in [0.1, 0.15) is 43.1 Å². The molecular formula is C70H42N2O4S2. The van der Waals surface area contributed by atoms with Gasteiger partial charge in [-0.15, -0.1) is 22.7 Å². The average Bonchev–Trinajstić information content (AvgIpc) is 3.35. The lowest BCUT2D eigenvalue weighted by Gasteiger charge is -2.50. The van der Waals surface area contributed by atoms with Gasteiger partial charge in [-0.05, 0) is 120 Å². The van der Waals surface area contributed by atoms with Gasteiger partial charge < -0.3 is 28.1 Å². The number of fused-ring (bicyclic) bond motifs is 20. The maximum Gasteiger partial charge on any atom is 0.135 e. The van der Waals surface area contributed by atoms with Gasteiger partial charge in [-0.25, -0.2) is 0 Å². The number of nitrogens with zero attached hydrogens (tertiary/aromatic N) is 2. The van der Waals surface area contributed by atoms with E-state index in [0.29, 0.717) is 0 Å². The predicted molar refractivity (Wildman–Crippen MR) is 316 cm³/mol. The maximum absolute atomic E-state index is 7.06. The molecule has 17 rings (SSSR count). The lowest BCUT2D eigenvalue weighted by Crippen LogP contribution is -2.45. The number of ether oxygens (including phenoxy) is 2. The lowest BCUT2D eigenvalue weighted by molar-refractivity contribution is 0.418. The Labute approximate surface area is 456 Å². The molecule has 2 aliphatic heterocycles. The summed E-state index contributed by atoms with van der Waals surface area (Å²) in [6.45, 7) is 0. The summed E-state index contributed by atoms with van der Waals surface area (Å²) in [6, 6.07) is 91.2. The maximum atomic E-state index is 7.06. The zero-order valence-corrected chi connectivity index (χ0v) is 43.2. The van der Waals surface area contributed by atoms with Crippen molar-refractivity contribution in [3.8, 4) is 23.0 Å². The molecule has 0 radical (unpaired) electrons. The molecular weight excluding hydrogens is 997 g/mol. The molecule has 0 N–H and O–H groups in total. The number of benzene rings is 10. The van der Waals surface area contributed by atoms with E-state index in [2.05, 4.69) is 240 Å². The van der Waals surface area contributed by atoms with Gasteiger partial charge in [-0.1, -0.05) is 146 Å². The van der Waals surface area contributed by atoms with E-state index in [4.69, 9.17) is 18.3 Å². The van der Waals surface area contributed by atoms with Crippen molar-refractivity contribution in [3.63, 3.8) is 0 Å².